The first-order valence-electron chi connectivity index (χ1n) is 14.6. The first-order chi connectivity index (χ1) is 19.1. The Kier molecular flexibility index (Phi) is 7.51. The summed E-state index contributed by atoms with van der Waals surface area (Å²) in [6, 6.07) is 16.3. The Balaban J connectivity index is 1.06. The minimum Gasteiger partial charge on any atom is -0.361 e. The van der Waals surface area contributed by atoms with Gasteiger partial charge in [-0.2, -0.15) is 0 Å². The molecule has 1 aliphatic carbocycles. The number of nitrogens with zero attached hydrogens (tertiary/aromatic N) is 2. The Hall–Kier alpha value is -3.45. The maximum Gasteiger partial charge on any atom is 0.253 e. The second-order valence-electron chi connectivity index (χ2n) is 11.5. The van der Waals surface area contributed by atoms with Gasteiger partial charge in [0, 0.05) is 49.2 Å². The van der Waals surface area contributed by atoms with Gasteiger partial charge in [0.25, 0.3) is 5.91 Å². The summed E-state index contributed by atoms with van der Waals surface area (Å²) in [7, 11) is 0. The van der Waals surface area contributed by atoms with Crippen LogP contribution in [-0.2, 0) is 29.0 Å². The van der Waals surface area contributed by atoms with Crippen LogP contribution in [0.1, 0.15) is 61.6 Å². The van der Waals surface area contributed by atoms with Crippen molar-refractivity contribution in [1.82, 2.24) is 20.5 Å². The number of H-pyrrole nitrogens is 1. The van der Waals surface area contributed by atoms with Gasteiger partial charge in [0.1, 0.15) is 11.4 Å². The molecule has 2 fully saturated rings. The molecule has 39 heavy (non-hydrogen) atoms. The standard InChI is InChI=1S/C32H39N5O2/c38-28(34-21-23-8-3-1-4-9-23)20-26-22-33-27-13-7-12-24(29(26)27)14-17-37-18-15-32(16-19-37)31(39)35-30(36-32)25-10-5-2-6-11-25/h1,3-4,7-9,12-13,22,25,33H,2,5-6,10-11,14-21H2,(H,34,38)(H,35,36,39). The van der Waals surface area contributed by atoms with E-state index in [9.17, 15) is 9.59 Å². The first-order valence-corrected chi connectivity index (χ1v) is 14.6. The number of piperidine rings is 1. The Morgan fingerprint density at radius 3 is 2.59 bits per heavy atom. The van der Waals surface area contributed by atoms with E-state index in [1.165, 1.54) is 24.8 Å². The van der Waals surface area contributed by atoms with Gasteiger partial charge in [-0.05, 0) is 54.9 Å². The topological polar surface area (TPSA) is 89.6 Å². The Morgan fingerprint density at radius 1 is 1.00 bits per heavy atom. The largest absolute Gasteiger partial charge is 0.361 e. The van der Waals surface area contributed by atoms with Crippen molar-refractivity contribution in [3.05, 3.63) is 71.4 Å². The Labute approximate surface area is 230 Å². The molecule has 3 aromatic rings. The number of rotatable bonds is 8. The maximum absolute atomic E-state index is 13.0. The number of hydrogen-bond donors (Lipinski definition) is 3. The number of aromatic nitrogens is 1. The molecule has 6 rings (SSSR count). The van der Waals surface area contributed by atoms with E-state index in [2.05, 4.69) is 38.7 Å². The molecule has 7 nitrogen and oxygen atoms in total. The van der Waals surface area contributed by atoms with Gasteiger partial charge in [0.2, 0.25) is 5.91 Å². The van der Waals surface area contributed by atoms with E-state index >= 15 is 0 Å². The van der Waals surface area contributed by atoms with Crippen LogP contribution in [0.2, 0.25) is 0 Å². The van der Waals surface area contributed by atoms with Gasteiger partial charge in [-0.15, -0.1) is 0 Å². The molecule has 204 valence electrons. The van der Waals surface area contributed by atoms with Crippen LogP contribution in [0.25, 0.3) is 10.9 Å². The lowest BCUT2D eigenvalue weighted by Gasteiger charge is -2.35. The third-order valence-electron chi connectivity index (χ3n) is 8.93. The van der Waals surface area contributed by atoms with E-state index in [0.717, 1.165) is 79.6 Å². The Morgan fingerprint density at radius 2 is 1.79 bits per heavy atom. The zero-order valence-corrected chi connectivity index (χ0v) is 22.7. The lowest BCUT2D eigenvalue weighted by atomic mass is 9.87. The molecule has 0 bridgehead atoms. The summed E-state index contributed by atoms with van der Waals surface area (Å²) in [5.74, 6) is 1.55. The van der Waals surface area contributed by atoms with Crippen molar-refractivity contribution in [1.29, 1.82) is 0 Å². The van der Waals surface area contributed by atoms with Crippen molar-refractivity contribution in [2.75, 3.05) is 19.6 Å². The van der Waals surface area contributed by atoms with Gasteiger partial charge in [0.15, 0.2) is 0 Å². The molecule has 1 spiro atoms. The first kappa shape index (κ1) is 25.8. The summed E-state index contributed by atoms with van der Waals surface area (Å²) in [5.41, 5.74) is 3.92. The smallest absolute Gasteiger partial charge is 0.253 e. The highest BCUT2D eigenvalue weighted by Crippen LogP contribution is 2.34. The zero-order valence-electron chi connectivity index (χ0n) is 22.7. The van der Waals surface area contributed by atoms with E-state index < -0.39 is 5.54 Å². The van der Waals surface area contributed by atoms with Crippen LogP contribution >= 0.6 is 0 Å². The molecule has 2 amide bonds. The number of likely N-dealkylation sites (tertiary alicyclic amines) is 1. The fourth-order valence-electron chi connectivity index (χ4n) is 6.59. The number of benzene rings is 2. The number of aromatic amines is 1. The number of aliphatic imine (C=N–C) groups is 1. The molecule has 1 saturated heterocycles. The number of amidine groups is 1. The van der Waals surface area contributed by atoms with E-state index in [-0.39, 0.29) is 11.8 Å². The minimum absolute atomic E-state index is 0.0267. The van der Waals surface area contributed by atoms with E-state index in [1.54, 1.807) is 0 Å². The molecule has 1 aromatic heterocycles. The van der Waals surface area contributed by atoms with Gasteiger partial charge < -0.3 is 20.5 Å². The third-order valence-corrected chi connectivity index (χ3v) is 8.93. The highest BCUT2D eigenvalue weighted by molar-refractivity contribution is 6.09. The number of hydrogen-bond acceptors (Lipinski definition) is 4. The predicted octanol–water partition coefficient (Wildman–Crippen LogP) is 4.51. The molecule has 2 aromatic carbocycles. The average molecular weight is 526 g/mol. The fraction of sp³-hybridized carbons (Fsp3) is 0.469. The summed E-state index contributed by atoms with van der Waals surface area (Å²) in [6.07, 6.45) is 10.9. The van der Waals surface area contributed by atoms with Crippen LogP contribution in [0.15, 0.2) is 59.7 Å². The maximum atomic E-state index is 13.0. The second kappa shape index (κ2) is 11.3. The summed E-state index contributed by atoms with van der Waals surface area (Å²) in [6.45, 7) is 3.23. The van der Waals surface area contributed by atoms with E-state index in [0.29, 0.717) is 18.9 Å². The van der Waals surface area contributed by atoms with E-state index in [4.69, 9.17) is 4.99 Å². The average Bonchev–Trinajstić information content (AvgIpc) is 3.53. The number of carbonyl (C=O) groups is 2. The van der Waals surface area contributed by atoms with Crippen LogP contribution in [-0.4, -0.2) is 52.7 Å². The normalized spacial score (nSPS) is 19.8. The highest BCUT2D eigenvalue weighted by atomic mass is 16.2. The summed E-state index contributed by atoms with van der Waals surface area (Å²) < 4.78 is 0. The minimum atomic E-state index is -0.551. The molecule has 3 heterocycles. The molecule has 3 aliphatic rings. The number of fused-ring (bicyclic) bond motifs is 1. The molecule has 1 saturated carbocycles. The van der Waals surface area contributed by atoms with Crippen molar-refractivity contribution in [2.24, 2.45) is 10.9 Å². The molecule has 3 N–H and O–H groups in total. The SMILES string of the molecule is O=C(Cc1c[nH]c2cccc(CCN3CCC4(CC3)N=C(C3CCCCC3)NC4=O)c12)NCc1ccccc1. The zero-order chi connectivity index (χ0) is 26.7. The van der Waals surface area contributed by atoms with Crippen molar-refractivity contribution in [3.8, 4) is 0 Å². The fourth-order valence-corrected chi connectivity index (χ4v) is 6.59. The summed E-state index contributed by atoms with van der Waals surface area (Å²) in [5, 5.41) is 7.39. The molecule has 7 heteroatoms. The second-order valence-corrected chi connectivity index (χ2v) is 11.5. The van der Waals surface area contributed by atoms with Crippen LogP contribution in [0.5, 0.6) is 0 Å². The Bertz CT molecular complexity index is 1350. The molecule has 0 atom stereocenters. The summed E-state index contributed by atoms with van der Waals surface area (Å²) >= 11 is 0. The monoisotopic (exact) mass is 525 g/mol. The summed E-state index contributed by atoms with van der Waals surface area (Å²) in [4.78, 5) is 36.6. The quantitative estimate of drug-likeness (QED) is 0.404. The number of amides is 2. The molecule has 0 unspecified atom stereocenters. The van der Waals surface area contributed by atoms with Gasteiger partial charge in [-0.1, -0.05) is 61.7 Å². The van der Waals surface area contributed by atoms with Gasteiger partial charge in [0.05, 0.1) is 6.42 Å². The van der Waals surface area contributed by atoms with Gasteiger partial charge >= 0.3 is 0 Å². The predicted molar refractivity (Wildman–Crippen MR) is 155 cm³/mol. The van der Waals surface area contributed by atoms with Crippen molar-refractivity contribution in [3.63, 3.8) is 0 Å². The molecular formula is C32H39N5O2. The highest BCUT2D eigenvalue weighted by Gasteiger charge is 2.46. The van der Waals surface area contributed by atoms with Crippen LogP contribution < -0.4 is 10.6 Å². The number of nitrogens with one attached hydrogen (secondary N) is 3. The molecule has 0 radical (unpaired) electrons. The van der Waals surface area contributed by atoms with Gasteiger partial charge in [-0.25, -0.2) is 0 Å². The molecule has 2 aliphatic heterocycles. The lowest BCUT2D eigenvalue weighted by Crippen LogP contribution is -2.49. The number of carbonyl (C=O) groups excluding carboxylic acids is 2. The third kappa shape index (κ3) is 5.64. The lowest BCUT2D eigenvalue weighted by molar-refractivity contribution is -0.125. The van der Waals surface area contributed by atoms with Gasteiger partial charge in [-0.3, -0.25) is 14.6 Å². The van der Waals surface area contributed by atoms with E-state index in [1.807, 2.05) is 36.5 Å². The van der Waals surface area contributed by atoms with Crippen molar-refractivity contribution < 1.29 is 9.59 Å². The van der Waals surface area contributed by atoms with Crippen LogP contribution in [0.3, 0.4) is 0 Å². The van der Waals surface area contributed by atoms with Crippen LogP contribution in [0, 0.1) is 5.92 Å². The molecular weight excluding hydrogens is 486 g/mol. The van der Waals surface area contributed by atoms with Crippen LogP contribution in [0.4, 0.5) is 0 Å². The van der Waals surface area contributed by atoms with Crippen molar-refractivity contribution >= 4 is 28.6 Å². The van der Waals surface area contributed by atoms with Crippen molar-refractivity contribution in [2.45, 2.75) is 69.9 Å².